The van der Waals surface area contributed by atoms with Crippen molar-refractivity contribution in [3.8, 4) is 0 Å². The van der Waals surface area contributed by atoms with E-state index in [9.17, 15) is 0 Å². The Morgan fingerprint density at radius 3 is 2.03 bits per heavy atom. The van der Waals surface area contributed by atoms with Crippen LogP contribution >= 0.6 is 16.1 Å². The average molecular weight is 476 g/mol. The summed E-state index contributed by atoms with van der Waals surface area (Å²) in [6.45, 7) is 3.36. The molecular formula is C28H31NO2P2. The van der Waals surface area contributed by atoms with E-state index in [-0.39, 0.29) is 0 Å². The van der Waals surface area contributed by atoms with Crippen molar-refractivity contribution in [2.45, 2.75) is 43.9 Å². The summed E-state index contributed by atoms with van der Waals surface area (Å²) in [4.78, 5) is 0. The molecule has 3 heterocycles. The number of nitrogens with zero attached hydrogens (tertiary/aromatic N) is 1. The minimum Gasteiger partial charge on any atom is -0.472 e. The summed E-state index contributed by atoms with van der Waals surface area (Å²) in [5.74, 6) is 0. The third-order valence-corrected chi connectivity index (χ3v) is 12.8. The Morgan fingerprint density at radius 1 is 0.848 bits per heavy atom. The maximum atomic E-state index is 6.08. The lowest BCUT2D eigenvalue weighted by atomic mass is 10.0. The van der Waals surface area contributed by atoms with Crippen LogP contribution in [0.25, 0.3) is 0 Å². The van der Waals surface area contributed by atoms with Gasteiger partial charge in [0.15, 0.2) is 0 Å². The van der Waals surface area contributed by atoms with Gasteiger partial charge in [-0.3, -0.25) is 0 Å². The fourth-order valence-corrected chi connectivity index (χ4v) is 12.1. The van der Waals surface area contributed by atoms with Crippen LogP contribution < -0.4 is 10.8 Å². The molecule has 0 bridgehead atoms. The second kappa shape index (κ2) is 10.8. The lowest BCUT2D eigenvalue weighted by molar-refractivity contribution is 0.568. The van der Waals surface area contributed by atoms with Gasteiger partial charge < -0.3 is 8.83 Å². The number of hydrogen-bond donors (Lipinski definition) is 0. The van der Waals surface area contributed by atoms with Gasteiger partial charge in [0.1, 0.15) is 5.50 Å². The molecule has 4 aromatic rings. The van der Waals surface area contributed by atoms with E-state index in [0.29, 0.717) is 11.3 Å². The van der Waals surface area contributed by atoms with Crippen molar-refractivity contribution in [1.29, 1.82) is 0 Å². The predicted octanol–water partition coefficient (Wildman–Crippen LogP) is 8.00. The van der Waals surface area contributed by atoms with E-state index < -0.39 is 16.1 Å². The molecule has 0 radical (unpaired) electrons. The van der Waals surface area contributed by atoms with Gasteiger partial charge >= 0.3 is 0 Å². The summed E-state index contributed by atoms with van der Waals surface area (Å²) in [6.07, 6.45) is 10.4. The van der Waals surface area contributed by atoms with Gasteiger partial charge in [-0.1, -0.05) is 74.0 Å². The molecule has 1 saturated heterocycles. The maximum Gasteiger partial charge on any atom is 0.145 e. The van der Waals surface area contributed by atoms with E-state index in [1.54, 1.807) is 6.26 Å². The lowest BCUT2D eigenvalue weighted by Gasteiger charge is -2.41. The van der Waals surface area contributed by atoms with Crippen molar-refractivity contribution in [2.75, 3.05) is 6.54 Å². The number of unbranched alkanes of at least 4 members (excludes halogenated alkanes) is 1. The zero-order valence-corrected chi connectivity index (χ0v) is 20.9. The summed E-state index contributed by atoms with van der Waals surface area (Å²) < 4.78 is 14.5. The fourth-order valence-electron chi connectivity index (χ4n) is 4.87. The predicted molar refractivity (Wildman–Crippen MR) is 140 cm³/mol. The monoisotopic (exact) mass is 475 g/mol. The van der Waals surface area contributed by atoms with Crippen LogP contribution in [0.2, 0.25) is 0 Å². The number of hydrogen-bond acceptors (Lipinski definition) is 3. The smallest absolute Gasteiger partial charge is 0.145 e. The first-order valence-electron chi connectivity index (χ1n) is 11.9. The third-order valence-electron chi connectivity index (χ3n) is 6.40. The van der Waals surface area contributed by atoms with Crippen LogP contribution in [0.4, 0.5) is 0 Å². The number of benzene rings is 2. The van der Waals surface area contributed by atoms with Crippen molar-refractivity contribution in [1.82, 2.24) is 4.44 Å². The second-order valence-electron chi connectivity index (χ2n) is 8.50. The fraction of sp³-hybridized carbons (Fsp3) is 0.286. The van der Waals surface area contributed by atoms with Crippen LogP contribution in [0.3, 0.4) is 0 Å². The van der Waals surface area contributed by atoms with Gasteiger partial charge in [0.2, 0.25) is 0 Å². The minimum absolute atomic E-state index is 0.488. The van der Waals surface area contributed by atoms with Gasteiger partial charge in [0, 0.05) is 23.2 Å². The normalized spacial score (nSPS) is 19.8. The molecular weight excluding hydrogens is 444 g/mol. The molecule has 2 aromatic heterocycles. The number of furan rings is 2. The van der Waals surface area contributed by atoms with E-state index in [1.807, 2.05) is 18.6 Å². The van der Waals surface area contributed by atoms with Gasteiger partial charge in [0.05, 0.1) is 26.9 Å². The van der Waals surface area contributed by atoms with Crippen LogP contribution in [0.1, 0.15) is 55.1 Å². The Hall–Kier alpha value is -2.18. The molecule has 0 amide bonds. The molecule has 1 aliphatic rings. The van der Waals surface area contributed by atoms with Crippen molar-refractivity contribution in [3.63, 3.8) is 0 Å². The molecule has 0 aliphatic carbocycles. The quantitative estimate of drug-likeness (QED) is 0.230. The second-order valence-corrected chi connectivity index (χ2v) is 13.4. The van der Waals surface area contributed by atoms with Gasteiger partial charge in [-0.2, -0.15) is 0 Å². The molecule has 0 N–H and O–H groups in total. The molecule has 3 atom stereocenters. The molecule has 1 unspecified atom stereocenters. The van der Waals surface area contributed by atoms with Crippen molar-refractivity contribution >= 4 is 27.0 Å². The van der Waals surface area contributed by atoms with Crippen LogP contribution in [-0.4, -0.2) is 11.0 Å². The first kappa shape index (κ1) is 22.6. The summed E-state index contributed by atoms with van der Waals surface area (Å²) >= 11 is 0. The molecule has 5 rings (SSSR count). The Balaban J connectivity index is 1.63. The average Bonchev–Trinajstić information content (AvgIpc) is 3.65. The summed E-state index contributed by atoms with van der Waals surface area (Å²) in [7, 11) is -1.28. The highest BCUT2D eigenvalue weighted by Gasteiger charge is 2.44. The first-order chi connectivity index (χ1) is 16.4. The van der Waals surface area contributed by atoms with Crippen LogP contribution in [0.15, 0.2) is 106 Å². The topological polar surface area (TPSA) is 29.5 Å². The Labute approximate surface area is 199 Å². The van der Waals surface area contributed by atoms with Crippen LogP contribution in [0.5, 0.6) is 0 Å². The molecule has 0 saturated carbocycles. The van der Waals surface area contributed by atoms with Gasteiger partial charge in [0.25, 0.3) is 0 Å². The zero-order valence-electron chi connectivity index (χ0n) is 19.1. The summed E-state index contributed by atoms with van der Waals surface area (Å²) in [5, 5.41) is 1.24. The Morgan fingerprint density at radius 2 is 1.52 bits per heavy atom. The van der Waals surface area contributed by atoms with E-state index in [4.69, 9.17) is 8.83 Å². The Bertz CT molecular complexity index is 1000. The largest absolute Gasteiger partial charge is 0.472 e. The molecule has 33 heavy (non-hydrogen) atoms. The molecule has 1 fully saturated rings. The van der Waals surface area contributed by atoms with E-state index >= 15 is 0 Å². The van der Waals surface area contributed by atoms with Gasteiger partial charge in [-0.15, -0.1) is 0 Å². The van der Waals surface area contributed by atoms with E-state index in [2.05, 4.69) is 84.2 Å². The first-order valence-corrected chi connectivity index (χ1v) is 14.6. The Kier molecular flexibility index (Phi) is 7.42. The van der Waals surface area contributed by atoms with Gasteiger partial charge in [-0.05, 0) is 56.7 Å². The minimum atomic E-state index is -0.795. The highest BCUT2D eigenvalue weighted by Crippen LogP contribution is 2.76. The molecule has 0 spiro atoms. The molecule has 170 valence electrons. The SMILES string of the molecule is CCCCN(P(c1ccoc1)c1ccco1)P1[C@@H](c2ccccc2)CC[C@@H]1c1ccccc1. The molecule has 3 nitrogen and oxygen atoms in total. The molecule has 1 aliphatic heterocycles. The summed E-state index contributed by atoms with van der Waals surface area (Å²) in [5.41, 5.74) is 5.12. The summed E-state index contributed by atoms with van der Waals surface area (Å²) in [6, 6.07) is 28.7. The van der Waals surface area contributed by atoms with E-state index in [1.165, 1.54) is 42.1 Å². The molecule has 2 aromatic carbocycles. The maximum absolute atomic E-state index is 6.08. The third kappa shape index (κ3) is 4.87. The van der Waals surface area contributed by atoms with Crippen LogP contribution in [0, 0.1) is 0 Å². The van der Waals surface area contributed by atoms with Crippen LogP contribution in [-0.2, 0) is 0 Å². The van der Waals surface area contributed by atoms with E-state index in [0.717, 1.165) is 12.0 Å². The number of rotatable bonds is 9. The van der Waals surface area contributed by atoms with Gasteiger partial charge in [-0.25, -0.2) is 4.44 Å². The highest BCUT2D eigenvalue weighted by molar-refractivity contribution is 7.79. The van der Waals surface area contributed by atoms with Crippen molar-refractivity contribution in [2.24, 2.45) is 0 Å². The van der Waals surface area contributed by atoms with Crippen molar-refractivity contribution < 1.29 is 8.83 Å². The lowest BCUT2D eigenvalue weighted by Crippen LogP contribution is -2.26. The highest BCUT2D eigenvalue weighted by atomic mass is 31.2. The van der Waals surface area contributed by atoms with Crippen molar-refractivity contribution in [3.05, 3.63) is 109 Å². The zero-order chi connectivity index (χ0) is 22.5. The molecule has 5 heteroatoms. The standard InChI is InChI=1S/C28H31NO2P2/c1-2-3-19-29(32(25-18-21-30-22-25)28-15-10-20-31-28)33-26(23-11-6-4-7-12-23)16-17-27(33)24-13-8-5-9-14-24/h4-15,18,20-22,26-27H,2-3,16-17,19H2,1H3/t26-,27-,32?/m1/s1.